The van der Waals surface area contributed by atoms with Gasteiger partial charge >= 0.3 is 0 Å². The summed E-state index contributed by atoms with van der Waals surface area (Å²) in [6.45, 7) is 2.41. The molecular weight excluding hydrogens is 372 g/mol. The highest BCUT2D eigenvalue weighted by Gasteiger charge is 2.21. The lowest BCUT2D eigenvalue weighted by Gasteiger charge is -2.19. The van der Waals surface area contributed by atoms with E-state index in [2.05, 4.69) is 15.3 Å². The van der Waals surface area contributed by atoms with Crippen molar-refractivity contribution in [2.75, 3.05) is 13.7 Å². The number of aromatic nitrogens is 3. The maximum absolute atomic E-state index is 6.32. The summed E-state index contributed by atoms with van der Waals surface area (Å²) in [5.74, 6) is 2.41. The number of benzene rings is 1. The average molecular weight is 395 g/mol. The normalized spacial score (nSPS) is 15.5. The number of nitrogens with one attached hydrogen (secondary N) is 1. The largest absolute Gasteiger partial charge is 0.493 e. The van der Waals surface area contributed by atoms with Gasteiger partial charge in [0.05, 0.1) is 25.0 Å². The summed E-state index contributed by atoms with van der Waals surface area (Å²) in [5, 5.41) is 12.3. The molecule has 0 saturated heterocycles. The van der Waals surface area contributed by atoms with Crippen molar-refractivity contribution in [1.82, 2.24) is 14.9 Å². The molecule has 0 radical (unpaired) electrons. The zero-order valence-electron chi connectivity index (χ0n) is 15.0. The number of H-pyrrole nitrogens is 1. The lowest BCUT2D eigenvalue weighted by atomic mass is 9.89. The first-order valence-corrected chi connectivity index (χ1v) is 9.64. The van der Waals surface area contributed by atoms with E-state index in [4.69, 9.17) is 33.3 Å². The molecule has 140 valence electrons. The Hall–Kier alpha value is -1.86. The Morgan fingerprint density at radius 2 is 2.15 bits per heavy atom. The van der Waals surface area contributed by atoms with Crippen molar-refractivity contribution in [2.45, 2.75) is 44.9 Å². The quantitative estimate of drug-likeness (QED) is 0.557. The molecule has 1 N–H and O–H groups in total. The predicted molar refractivity (Wildman–Crippen MR) is 105 cm³/mol. The monoisotopic (exact) mass is 394 g/mol. The van der Waals surface area contributed by atoms with Gasteiger partial charge in [-0.3, -0.25) is 5.10 Å². The molecule has 1 fully saturated rings. The summed E-state index contributed by atoms with van der Waals surface area (Å²) >= 11 is 11.7. The summed E-state index contributed by atoms with van der Waals surface area (Å²) in [7, 11) is 1.59. The molecule has 1 aromatic carbocycles. The van der Waals surface area contributed by atoms with Crippen molar-refractivity contribution in [3.63, 3.8) is 0 Å². The molecule has 26 heavy (non-hydrogen) atoms. The van der Waals surface area contributed by atoms with Crippen LogP contribution in [0.5, 0.6) is 11.5 Å². The van der Waals surface area contributed by atoms with E-state index in [-0.39, 0.29) is 0 Å². The van der Waals surface area contributed by atoms with Crippen LogP contribution in [-0.2, 0) is 0 Å². The van der Waals surface area contributed by atoms with Crippen molar-refractivity contribution < 1.29 is 9.47 Å². The van der Waals surface area contributed by atoms with E-state index >= 15 is 0 Å². The lowest BCUT2D eigenvalue weighted by Crippen LogP contribution is -2.10. The topological polar surface area (TPSA) is 64.4 Å². The average Bonchev–Trinajstić information content (AvgIpc) is 3.03. The molecule has 6 nitrogen and oxygen atoms in total. The van der Waals surface area contributed by atoms with Crippen molar-refractivity contribution >= 4 is 30.0 Å². The predicted octanol–water partition coefficient (Wildman–Crippen LogP) is 4.93. The SMILES string of the molecule is CCOc1c(Cl)cc(/C=N\n2c(C3CCCCC3)n[nH]c2=S)cc1OC. The second-order valence-corrected chi connectivity index (χ2v) is 7.04. The van der Waals surface area contributed by atoms with E-state index in [9.17, 15) is 0 Å². The van der Waals surface area contributed by atoms with Gasteiger partial charge in [-0.1, -0.05) is 30.9 Å². The van der Waals surface area contributed by atoms with Crippen LogP contribution in [0, 0.1) is 4.77 Å². The smallest absolute Gasteiger partial charge is 0.216 e. The first-order chi connectivity index (χ1) is 12.6. The van der Waals surface area contributed by atoms with Gasteiger partial charge in [-0.25, -0.2) is 0 Å². The van der Waals surface area contributed by atoms with Crippen LogP contribution in [0.4, 0.5) is 0 Å². The maximum Gasteiger partial charge on any atom is 0.216 e. The fraction of sp³-hybridized carbons (Fsp3) is 0.500. The molecule has 1 aliphatic rings. The highest BCUT2D eigenvalue weighted by Crippen LogP contribution is 2.36. The van der Waals surface area contributed by atoms with Crippen LogP contribution in [0.25, 0.3) is 0 Å². The van der Waals surface area contributed by atoms with E-state index in [0.717, 1.165) is 24.2 Å². The molecule has 3 rings (SSSR count). The minimum Gasteiger partial charge on any atom is -0.493 e. The van der Waals surface area contributed by atoms with Gasteiger partial charge in [0.15, 0.2) is 17.3 Å². The molecule has 1 aliphatic carbocycles. The van der Waals surface area contributed by atoms with Gasteiger partial charge in [-0.15, -0.1) is 0 Å². The van der Waals surface area contributed by atoms with E-state index in [1.165, 1.54) is 19.3 Å². The number of nitrogens with zero attached hydrogens (tertiary/aromatic N) is 3. The second-order valence-electron chi connectivity index (χ2n) is 6.25. The van der Waals surface area contributed by atoms with Crippen LogP contribution >= 0.6 is 23.8 Å². The Morgan fingerprint density at radius 1 is 1.38 bits per heavy atom. The van der Waals surface area contributed by atoms with Gasteiger partial charge in [0, 0.05) is 5.92 Å². The summed E-state index contributed by atoms with van der Waals surface area (Å²) < 4.78 is 13.1. The van der Waals surface area contributed by atoms with Gasteiger partial charge in [-0.2, -0.15) is 14.9 Å². The summed E-state index contributed by atoms with van der Waals surface area (Å²) in [6.07, 6.45) is 7.69. The third kappa shape index (κ3) is 4.10. The first kappa shape index (κ1) is 18.9. The lowest BCUT2D eigenvalue weighted by molar-refractivity contribution is 0.311. The van der Waals surface area contributed by atoms with Crippen molar-refractivity contribution in [1.29, 1.82) is 0 Å². The molecule has 1 heterocycles. The number of halogens is 1. The van der Waals surface area contributed by atoms with Gasteiger partial charge in [0.2, 0.25) is 4.77 Å². The maximum atomic E-state index is 6.32. The Morgan fingerprint density at radius 3 is 2.85 bits per heavy atom. The van der Waals surface area contributed by atoms with Gasteiger partial charge in [0.1, 0.15) is 0 Å². The Kier molecular flexibility index (Phi) is 6.32. The number of ether oxygens (including phenoxy) is 2. The first-order valence-electron chi connectivity index (χ1n) is 8.86. The molecule has 1 aromatic heterocycles. The second kappa shape index (κ2) is 8.68. The van der Waals surface area contributed by atoms with Crippen molar-refractivity contribution in [3.8, 4) is 11.5 Å². The number of aromatic amines is 1. The third-order valence-electron chi connectivity index (χ3n) is 4.51. The molecule has 0 bridgehead atoms. The number of hydrogen-bond acceptors (Lipinski definition) is 5. The van der Waals surface area contributed by atoms with Crippen LogP contribution < -0.4 is 9.47 Å². The summed E-state index contributed by atoms with van der Waals surface area (Å²) in [6, 6.07) is 3.63. The van der Waals surface area contributed by atoms with Crippen LogP contribution in [0.15, 0.2) is 17.2 Å². The molecule has 1 saturated carbocycles. The van der Waals surface area contributed by atoms with Crippen molar-refractivity contribution in [3.05, 3.63) is 33.3 Å². The Labute approximate surface area is 163 Å². The molecule has 0 aliphatic heterocycles. The number of methoxy groups -OCH3 is 1. The molecule has 2 aromatic rings. The third-order valence-corrected chi connectivity index (χ3v) is 5.05. The summed E-state index contributed by atoms with van der Waals surface area (Å²) in [4.78, 5) is 0. The van der Waals surface area contributed by atoms with Gasteiger partial charge in [-0.05, 0) is 49.7 Å². The molecule has 0 atom stereocenters. The Balaban J connectivity index is 1.90. The van der Waals surface area contributed by atoms with E-state index in [1.807, 2.05) is 13.0 Å². The van der Waals surface area contributed by atoms with Crippen LogP contribution in [-0.4, -0.2) is 34.8 Å². The zero-order chi connectivity index (χ0) is 18.5. The van der Waals surface area contributed by atoms with Gasteiger partial charge in [0.25, 0.3) is 0 Å². The fourth-order valence-corrected chi connectivity index (χ4v) is 3.72. The van der Waals surface area contributed by atoms with Crippen LogP contribution in [0.3, 0.4) is 0 Å². The molecule has 0 unspecified atom stereocenters. The number of rotatable bonds is 6. The van der Waals surface area contributed by atoms with Crippen LogP contribution in [0.1, 0.15) is 56.3 Å². The van der Waals surface area contributed by atoms with Crippen molar-refractivity contribution in [2.24, 2.45) is 5.10 Å². The molecule has 0 spiro atoms. The zero-order valence-corrected chi connectivity index (χ0v) is 16.6. The van der Waals surface area contributed by atoms with E-state index in [0.29, 0.717) is 33.8 Å². The van der Waals surface area contributed by atoms with E-state index < -0.39 is 0 Å². The summed E-state index contributed by atoms with van der Waals surface area (Å²) in [5.41, 5.74) is 0.799. The standard InChI is InChI=1S/C18H23ClN4O2S/c1-3-25-16-14(19)9-12(10-15(16)24-2)11-20-23-17(21-22-18(23)26)13-7-5-4-6-8-13/h9-11,13H,3-8H2,1-2H3,(H,22,26)/b20-11-. The molecular formula is C18H23ClN4O2S. The minimum atomic E-state index is 0.396. The molecule has 0 amide bonds. The molecule has 8 heteroatoms. The van der Waals surface area contributed by atoms with E-state index in [1.54, 1.807) is 24.1 Å². The fourth-order valence-electron chi connectivity index (χ4n) is 3.26. The number of hydrogen-bond donors (Lipinski definition) is 1. The minimum absolute atomic E-state index is 0.396. The highest BCUT2D eigenvalue weighted by molar-refractivity contribution is 7.71. The Bertz CT molecular complexity index is 840. The highest BCUT2D eigenvalue weighted by atomic mass is 35.5. The van der Waals surface area contributed by atoms with Gasteiger partial charge < -0.3 is 9.47 Å². The van der Waals surface area contributed by atoms with Crippen LogP contribution in [0.2, 0.25) is 5.02 Å².